The molecule has 0 aliphatic carbocycles. The average Bonchev–Trinajstić information content (AvgIpc) is 2.93. The fraction of sp³-hybridized carbons (Fsp3) is 0.0714. The number of rotatable bonds is 3. The lowest BCUT2D eigenvalue weighted by Gasteiger charge is -2.11. The number of nitrogens with two attached hydrogens (primary N) is 1. The number of nitrogen functional groups attached to an aromatic ring is 1. The van der Waals surface area contributed by atoms with Crippen molar-refractivity contribution in [1.82, 2.24) is 9.97 Å². The van der Waals surface area contributed by atoms with E-state index in [1.54, 1.807) is 7.05 Å². The van der Waals surface area contributed by atoms with Gasteiger partial charge in [-0.1, -0.05) is 12.1 Å². The molecule has 0 radical (unpaired) electrons. The lowest BCUT2D eigenvalue weighted by molar-refractivity contribution is 1.15. The van der Waals surface area contributed by atoms with E-state index in [0.29, 0.717) is 16.9 Å². The van der Waals surface area contributed by atoms with Gasteiger partial charge in [0.1, 0.15) is 18.0 Å². The van der Waals surface area contributed by atoms with Crippen LogP contribution >= 0.6 is 0 Å². The summed E-state index contributed by atoms with van der Waals surface area (Å²) in [4.78, 5) is 12.2. The van der Waals surface area contributed by atoms with Gasteiger partial charge in [-0.05, 0) is 11.9 Å². The first-order valence-electron chi connectivity index (χ1n) is 6.01. The molecule has 2 heterocycles. The first-order valence-corrected chi connectivity index (χ1v) is 6.01. The molecule has 0 amide bonds. The zero-order chi connectivity index (χ0) is 14.1. The fourth-order valence-electron chi connectivity index (χ4n) is 2.07. The van der Waals surface area contributed by atoms with Gasteiger partial charge in [-0.3, -0.25) is 5.41 Å². The van der Waals surface area contributed by atoms with E-state index in [0.717, 1.165) is 11.3 Å². The molecule has 0 saturated heterocycles. The van der Waals surface area contributed by atoms with Gasteiger partial charge in [0.15, 0.2) is 0 Å². The van der Waals surface area contributed by atoms with Gasteiger partial charge in [-0.2, -0.15) is 0 Å². The molecule has 0 spiro atoms. The maximum Gasteiger partial charge on any atom is 0.140 e. The zero-order valence-corrected chi connectivity index (χ0v) is 10.8. The molecule has 2 aromatic rings. The molecule has 98 valence electrons. The molecular formula is C14H12N6. The molecule has 0 atom stereocenters. The molecular weight excluding hydrogens is 252 g/mol. The summed E-state index contributed by atoms with van der Waals surface area (Å²) >= 11 is 0. The number of hydrogen-bond donors (Lipinski definition) is 3. The van der Waals surface area contributed by atoms with Crippen LogP contribution in [0.2, 0.25) is 0 Å². The largest absolute Gasteiger partial charge is 0.383 e. The van der Waals surface area contributed by atoms with Crippen LogP contribution in [0.5, 0.6) is 0 Å². The number of hydrogen-bond acceptors (Lipinski definition) is 6. The van der Waals surface area contributed by atoms with Crippen LogP contribution < -0.4 is 11.1 Å². The minimum Gasteiger partial charge on any atom is -0.383 e. The van der Waals surface area contributed by atoms with E-state index in [-0.39, 0.29) is 11.5 Å². The van der Waals surface area contributed by atoms with Crippen molar-refractivity contribution >= 4 is 35.0 Å². The maximum absolute atomic E-state index is 8.35. The summed E-state index contributed by atoms with van der Waals surface area (Å²) in [5.74, 6) is 3.60. The van der Waals surface area contributed by atoms with Gasteiger partial charge >= 0.3 is 0 Å². The molecule has 4 N–H and O–H groups in total. The summed E-state index contributed by atoms with van der Waals surface area (Å²) in [6.45, 7) is 0. The van der Waals surface area contributed by atoms with Crippen LogP contribution in [0.1, 0.15) is 16.7 Å². The van der Waals surface area contributed by atoms with Crippen molar-refractivity contribution in [2.75, 3.05) is 18.1 Å². The molecule has 0 fully saturated rings. The van der Waals surface area contributed by atoms with Crippen molar-refractivity contribution in [3.8, 4) is 0 Å². The Kier molecular flexibility index (Phi) is 2.78. The van der Waals surface area contributed by atoms with Gasteiger partial charge in [-0.15, -0.1) is 0 Å². The number of aromatic nitrogens is 2. The maximum atomic E-state index is 8.35. The number of benzene rings is 1. The first kappa shape index (κ1) is 12.1. The first-order chi connectivity index (χ1) is 9.70. The van der Waals surface area contributed by atoms with Crippen molar-refractivity contribution in [3.63, 3.8) is 0 Å². The van der Waals surface area contributed by atoms with Gasteiger partial charge in [-0.25, -0.2) is 15.0 Å². The second kappa shape index (κ2) is 4.60. The van der Waals surface area contributed by atoms with E-state index in [2.05, 4.69) is 26.1 Å². The predicted molar refractivity (Wildman–Crippen MR) is 79.9 cm³/mol. The molecule has 0 saturated carbocycles. The minimum atomic E-state index is 0.261. The highest BCUT2D eigenvalue weighted by Gasteiger charge is 2.16. The fourth-order valence-corrected chi connectivity index (χ4v) is 2.07. The Morgan fingerprint density at radius 3 is 3.00 bits per heavy atom. The molecule has 1 aromatic carbocycles. The van der Waals surface area contributed by atoms with Crippen molar-refractivity contribution < 1.29 is 0 Å². The highest BCUT2D eigenvalue weighted by Crippen LogP contribution is 2.27. The lowest BCUT2D eigenvalue weighted by atomic mass is 10.0. The second-order valence-electron chi connectivity index (χ2n) is 4.27. The normalized spacial score (nSPS) is 11.4. The van der Waals surface area contributed by atoms with Gasteiger partial charge in [0.25, 0.3) is 0 Å². The molecule has 20 heavy (non-hydrogen) atoms. The molecule has 6 nitrogen and oxygen atoms in total. The molecule has 1 aliphatic heterocycles. The standard InChI is InChI=1S/C14H12N6/c1-17-14-11(13(16)19-7-20-14)12(15)9-3-2-8-4-5-18-10(8)6-9/h2-4,6-7,15H,1H3,(H3,16,17,19,20). The third kappa shape index (κ3) is 1.84. The van der Waals surface area contributed by atoms with Gasteiger partial charge in [0.05, 0.1) is 17.0 Å². The SMILES string of the molecule is CNc1ncnc(N)c1C(=N)c1ccc2c(c1)N=C=C2. The van der Waals surface area contributed by atoms with Crippen molar-refractivity contribution in [1.29, 1.82) is 5.41 Å². The molecule has 0 bridgehead atoms. The number of anilines is 2. The Hall–Kier alpha value is -2.98. The van der Waals surface area contributed by atoms with Crippen LogP contribution in [0.25, 0.3) is 6.08 Å². The van der Waals surface area contributed by atoms with Crippen molar-refractivity contribution in [3.05, 3.63) is 41.2 Å². The van der Waals surface area contributed by atoms with Crippen molar-refractivity contribution in [2.24, 2.45) is 4.99 Å². The number of nitrogens with one attached hydrogen (secondary N) is 2. The third-order valence-corrected chi connectivity index (χ3v) is 3.09. The van der Waals surface area contributed by atoms with E-state index in [1.165, 1.54) is 6.33 Å². The van der Waals surface area contributed by atoms with Crippen LogP contribution in [0.4, 0.5) is 17.3 Å². The monoisotopic (exact) mass is 264 g/mol. The topological polar surface area (TPSA) is 100 Å². The van der Waals surface area contributed by atoms with Crippen LogP contribution in [0, 0.1) is 5.41 Å². The highest BCUT2D eigenvalue weighted by atomic mass is 15.0. The summed E-state index contributed by atoms with van der Waals surface area (Å²) in [6, 6.07) is 5.59. The Balaban J connectivity index is 2.08. The third-order valence-electron chi connectivity index (χ3n) is 3.09. The minimum absolute atomic E-state index is 0.261. The Morgan fingerprint density at radius 1 is 1.35 bits per heavy atom. The Morgan fingerprint density at radius 2 is 2.20 bits per heavy atom. The van der Waals surface area contributed by atoms with Crippen LogP contribution in [-0.4, -0.2) is 28.6 Å². The van der Waals surface area contributed by atoms with Crippen LogP contribution in [-0.2, 0) is 0 Å². The summed E-state index contributed by atoms with van der Waals surface area (Å²) < 4.78 is 0. The number of nitrogens with zero attached hydrogens (tertiary/aromatic N) is 3. The predicted octanol–water partition coefficient (Wildman–Crippen LogP) is 1.84. The lowest BCUT2D eigenvalue weighted by Crippen LogP contribution is -2.12. The smallest absolute Gasteiger partial charge is 0.140 e. The summed E-state index contributed by atoms with van der Waals surface area (Å²) in [7, 11) is 1.73. The van der Waals surface area contributed by atoms with E-state index in [1.807, 2.05) is 24.3 Å². The highest BCUT2D eigenvalue weighted by molar-refractivity contribution is 6.16. The van der Waals surface area contributed by atoms with Crippen LogP contribution in [0.15, 0.2) is 29.5 Å². The van der Waals surface area contributed by atoms with Gasteiger partial charge in [0, 0.05) is 24.3 Å². The van der Waals surface area contributed by atoms with Gasteiger partial charge in [0.2, 0.25) is 0 Å². The molecule has 1 aliphatic rings. The summed E-state index contributed by atoms with van der Waals surface area (Å²) in [5, 5.41) is 11.3. The zero-order valence-electron chi connectivity index (χ0n) is 10.8. The van der Waals surface area contributed by atoms with E-state index in [4.69, 9.17) is 11.1 Å². The Labute approximate surface area is 115 Å². The molecule has 6 heteroatoms. The quantitative estimate of drug-likeness (QED) is 0.628. The van der Waals surface area contributed by atoms with Crippen LogP contribution in [0.3, 0.4) is 0 Å². The van der Waals surface area contributed by atoms with E-state index in [9.17, 15) is 0 Å². The number of aliphatic imine (C=N–C) groups is 1. The van der Waals surface area contributed by atoms with E-state index < -0.39 is 0 Å². The summed E-state index contributed by atoms with van der Waals surface area (Å²) in [6.07, 6.45) is 3.18. The molecule has 0 unspecified atom stereocenters. The number of fused-ring (bicyclic) bond motifs is 1. The second-order valence-corrected chi connectivity index (χ2v) is 4.27. The molecule has 1 aromatic heterocycles. The summed E-state index contributed by atoms with van der Waals surface area (Å²) in [5.41, 5.74) is 9.13. The van der Waals surface area contributed by atoms with E-state index >= 15 is 0 Å². The average molecular weight is 264 g/mol. The molecule has 3 rings (SSSR count). The van der Waals surface area contributed by atoms with Gasteiger partial charge < -0.3 is 11.1 Å². The Bertz CT molecular complexity index is 771. The van der Waals surface area contributed by atoms with Crippen molar-refractivity contribution in [2.45, 2.75) is 0 Å².